The van der Waals surface area contributed by atoms with Gasteiger partial charge in [-0.3, -0.25) is 0 Å². The molecule has 0 saturated heterocycles. The first-order chi connectivity index (χ1) is 19.1. The van der Waals surface area contributed by atoms with Crippen molar-refractivity contribution in [2.75, 3.05) is 17.7 Å². The molecule has 0 aliphatic heterocycles. The third-order valence-corrected chi connectivity index (χ3v) is 6.37. The number of carbonyl (C=O) groups excluding carboxylic acids is 2. The summed E-state index contributed by atoms with van der Waals surface area (Å²) in [5.41, 5.74) is 4.47. The molecule has 0 radical (unpaired) electrons. The number of urea groups is 1. The van der Waals surface area contributed by atoms with Gasteiger partial charge < -0.3 is 20.1 Å². The monoisotopic (exact) mass is 522 g/mol. The standard InChI is InChI=1S/C33H34N2O4/c1-3-4-7-12-24-17-19-27(20-18-24)34-33(37)35-28-21-22-30(29(23-28)32(36)38-2)39-31(25-13-8-5-9-14-25)26-15-10-6-11-16-26/h5-6,8-11,13-23,31H,3-4,7,12H2,1-2H3,(H2,34,35,37). The van der Waals surface area contributed by atoms with E-state index in [0.29, 0.717) is 17.1 Å². The largest absolute Gasteiger partial charge is 0.480 e. The number of benzene rings is 4. The van der Waals surface area contributed by atoms with Gasteiger partial charge in [0.1, 0.15) is 17.4 Å². The summed E-state index contributed by atoms with van der Waals surface area (Å²) < 4.78 is 11.4. The predicted octanol–water partition coefficient (Wildman–Crippen LogP) is 8.02. The van der Waals surface area contributed by atoms with Crippen LogP contribution in [0.5, 0.6) is 5.75 Å². The first-order valence-electron chi connectivity index (χ1n) is 13.2. The van der Waals surface area contributed by atoms with Gasteiger partial charge >= 0.3 is 12.0 Å². The zero-order valence-electron chi connectivity index (χ0n) is 22.4. The second-order valence-electron chi connectivity index (χ2n) is 9.25. The Morgan fingerprint density at radius 3 is 1.92 bits per heavy atom. The summed E-state index contributed by atoms with van der Waals surface area (Å²) in [5, 5.41) is 5.64. The Bertz CT molecular complexity index is 1320. The van der Waals surface area contributed by atoms with Crippen LogP contribution in [0.1, 0.15) is 59.3 Å². The van der Waals surface area contributed by atoms with Gasteiger partial charge in [-0.25, -0.2) is 9.59 Å². The van der Waals surface area contributed by atoms with Crippen molar-refractivity contribution in [3.05, 3.63) is 125 Å². The second kappa shape index (κ2) is 13.8. The van der Waals surface area contributed by atoms with E-state index in [-0.39, 0.29) is 5.56 Å². The molecule has 39 heavy (non-hydrogen) atoms. The van der Waals surface area contributed by atoms with Crippen LogP contribution in [0.3, 0.4) is 0 Å². The lowest BCUT2D eigenvalue weighted by atomic mass is 10.0. The Labute approximate surface area is 230 Å². The number of anilines is 2. The molecule has 2 amide bonds. The molecule has 4 aromatic carbocycles. The van der Waals surface area contributed by atoms with E-state index < -0.39 is 18.1 Å². The quantitative estimate of drug-likeness (QED) is 0.154. The molecule has 0 unspecified atom stereocenters. The van der Waals surface area contributed by atoms with Crippen molar-refractivity contribution in [1.82, 2.24) is 0 Å². The number of nitrogens with one attached hydrogen (secondary N) is 2. The molecule has 0 spiro atoms. The Kier molecular flexibility index (Phi) is 9.73. The molecular weight excluding hydrogens is 488 g/mol. The average Bonchev–Trinajstić information content (AvgIpc) is 2.98. The van der Waals surface area contributed by atoms with Crippen molar-refractivity contribution in [1.29, 1.82) is 0 Å². The highest BCUT2D eigenvalue weighted by atomic mass is 16.5. The van der Waals surface area contributed by atoms with Crippen LogP contribution >= 0.6 is 0 Å². The minimum absolute atomic E-state index is 0.212. The van der Waals surface area contributed by atoms with Crippen LogP contribution in [0.4, 0.5) is 16.2 Å². The van der Waals surface area contributed by atoms with Crippen LogP contribution in [0.2, 0.25) is 0 Å². The highest BCUT2D eigenvalue weighted by Gasteiger charge is 2.21. The van der Waals surface area contributed by atoms with Crippen LogP contribution in [-0.4, -0.2) is 19.1 Å². The zero-order chi connectivity index (χ0) is 27.5. The first-order valence-corrected chi connectivity index (χ1v) is 13.2. The van der Waals surface area contributed by atoms with E-state index in [1.807, 2.05) is 84.9 Å². The molecule has 0 heterocycles. The molecule has 0 bridgehead atoms. The number of methoxy groups -OCH3 is 1. The van der Waals surface area contributed by atoms with Gasteiger partial charge in [-0.05, 0) is 59.9 Å². The lowest BCUT2D eigenvalue weighted by Gasteiger charge is -2.22. The zero-order valence-corrected chi connectivity index (χ0v) is 22.4. The van der Waals surface area contributed by atoms with Crippen LogP contribution < -0.4 is 15.4 Å². The minimum Gasteiger partial charge on any atom is -0.480 e. The van der Waals surface area contributed by atoms with Crippen LogP contribution in [0, 0.1) is 0 Å². The van der Waals surface area contributed by atoms with Crippen molar-refractivity contribution in [2.45, 2.75) is 38.7 Å². The molecule has 0 aliphatic rings. The number of unbranched alkanes of at least 4 members (excludes halogenated alkanes) is 2. The molecule has 0 saturated carbocycles. The topological polar surface area (TPSA) is 76.7 Å². The number of hydrogen-bond donors (Lipinski definition) is 2. The molecule has 6 nitrogen and oxygen atoms in total. The van der Waals surface area contributed by atoms with Gasteiger partial charge in [0, 0.05) is 11.4 Å². The molecule has 200 valence electrons. The summed E-state index contributed by atoms with van der Waals surface area (Å²) in [7, 11) is 1.32. The van der Waals surface area contributed by atoms with Gasteiger partial charge in [-0.2, -0.15) is 0 Å². The van der Waals surface area contributed by atoms with E-state index in [0.717, 1.165) is 24.0 Å². The molecule has 4 rings (SSSR count). The summed E-state index contributed by atoms with van der Waals surface area (Å²) in [6, 6.07) is 32.0. The van der Waals surface area contributed by atoms with Gasteiger partial charge in [-0.15, -0.1) is 0 Å². The van der Waals surface area contributed by atoms with E-state index in [9.17, 15) is 9.59 Å². The van der Waals surface area contributed by atoms with Crippen molar-refractivity contribution in [3.8, 4) is 5.75 Å². The number of aryl methyl sites for hydroxylation is 1. The molecular formula is C33H34N2O4. The second-order valence-corrected chi connectivity index (χ2v) is 9.25. The number of ether oxygens (including phenoxy) is 2. The fourth-order valence-electron chi connectivity index (χ4n) is 4.32. The van der Waals surface area contributed by atoms with Crippen molar-refractivity contribution in [3.63, 3.8) is 0 Å². The number of hydrogen-bond acceptors (Lipinski definition) is 4. The lowest BCUT2D eigenvalue weighted by Crippen LogP contribution is -2.20. The van der Waals surface area contributed by atoms with E-state index in [4.69, 9.17) is 9.47 Å². The average molecular weight is 523 g/mol. The van der Waals surface area contributed by atoms with E-state index >= 15 is 0 Å². The third kappa shape index (κ3) is 7.71. The highest BCUT2D eigenvalue weighted by Crippen LogP contribution is 2.32. The van der Waals surface area contributed by atoms with Crippen molar-refractivity contribution in [2.24, 2.45) is 0 Å². The molecule has 0 atom stereocenters. The Morgan fingerprint density at radius 1 is 0.744 bits per heavy atom. The van der Waals surface area contributed by atoms with Crippen LogP contribution in [-0.2, 0) is 11.2 Å². The Morgan fingerprint density at radius 2 is 1.33 bits per heavy atom. The summed E-state index contributed by atoms with van der Waals surface area (Å²) in [6.45, 7) is 2.19. The van der Waals surface area contributed by atoms with E-state index in [1.54, 1.807) is 18.2 Å². The number of esters is 1. The Hall–Kier alpha value is -4.58. The third-order valence-electron chi connectivity index (χ3n) is 6.37. The van der Waals surface area contributed by atoms with Crippen LogP contribution in [0.15, 0.2) is 103 Å². The maximum Gasteiger partial charge on any atom is 0.341 e. The number of amides is 2. The number of carbonyl (C=O) groups is 2. The predicted molar refractivity (Wildman–Crippen MR) is 155 cm³/mol. The van der Waals surface area contributed by atoms with Gasteiger partial charge in [0.05, 0.1) is 7.11 Å². The van der Waals surface area contributed by atoms with Crippen molar-refractivity contribution < 1.29 is 19.1 Å². The summed E-state index contributed by atoms with van der Waals surface area (Å²) in [5.74, 6) is -0.211. The van der Waals surface area contributed by atoms with E-state index in [2.05, 4.69) is 17.6 Å². The molecule has 2 N–H and O–H groups in total. The Balaban J connectivity index is 1.50. The van der Waals surface area contributed by atoms with Gasteiger partial charge in [0.15, 0.2) is 0 Å². The fourth-order valence-corrected chi connectivity index (χ4v) is 4.32. The molecule has 4 aromatic rings. The van der Waals surface area contributed by atoms with Gasteiger partial charge in [-0.1, -0.05) is 92.6 Å². The summed E-state index contributed by atoms with van der Waals surface area (Å²) >= 11 is 0. The normalized spacial score (nSPS) is 10.6. The molecule has 0 aromatic heterocycles. The first kappa shape index (κ1) is 27.5. The van der Waals surface area contributed by atoms with Gasteiger partial charge in [0.25, 0.3) is 0 Å². The van der Waals surface area contributed by atoms with Crippen molar-refractivity contribution >= 4 is 23.4 Å². The van der Waals surface area contributed by atoms with E-state index in [1.165, 1.54) is 25.5 Å². The summed E-state index contributed by atoms with van der Waals surface area (Å²) in [4.78, 5) is 25.4. The minimum atomic E-state index is -0.562. The lowest BCUT2D eigenvalue weighted by molar-refractivity contribution is 0.0594. The SMILES string of the molecule is CCCCCc1ccc(NC(=O)Nc2ccc(OC(c3ccccc3)c3ccccc3)c(C(=O)OC)c2)cc1. The molecule has 6 heteroatoms. The molecule has 0 aliphatic carbocycles. The number of rotatable bonds is 11. The van der Waals surface area contributed by atoms with Crippen LogP contribution in [0.25, 0.3) is 0 Å². The maximum absolute atomic E-state index is 12.7. The smallest absolute Gasteiger partial charge is 0.341 e. The van der Waals surface area contributed by atoms with Gasteiger partial charge in [0.2, 0.25) is 0 Å². The maximum atomic E-state index is 12.7. The highest BCUT2D eigenvalue weighted by molar-refractivity contribution is 6.01. The fraction of sp³-hybridized carbons (Fsp3) is 0.212. The molecule has 0 fully saturated rings. The summed E-state index contributed by atoms with van der Waals surface area (Å²) in [6.07, 6.45) is 4.14.